The van der Waals surface area contributed by atoms with Crippen LogP contribution in [0, 0.1) is 0 Å². The fraction of sp³-hybridized carbons (Fsp3) is 0.615. The lowest BCUT2D eigenvalue weighted by Crippen LogP contribution is -2.38. The van der Waals surface area contributed by atoms with Crippen molar-refractivity contribution in [3.63, 3.8) is 0 Å². The van der Waals surface area contributed by atoms with Gasteiger partial charge in [0.1, 0.15) is 0 Å². The van der Waals surface area contributed by atoms with E-state index in [9.17, 15) is 0 Å². The fourth-order valence-corrected chi connectivity index (χ4v) is 2.32. The Hall–Kier alpha value is -0.970. The van der Waals surface area contributed by atoms with Crippen LogP contribution in [0.5, 0.6) is 0 Å². The number of pyridine rings is 1. The number of hydrogen-bond donors (Lipinski definition) is 2. The summed E-state index contributed by atoms with van der Waals surface area (Å²) in [6.45, 7) is 3.87. The average Bonchev–Trinajstić information content (AvgIpc) is 2.83. The summed E-state index contributed by atoms with van der Waals surface area (Å²) in [5, 5.41) is 12.6. The van der Waals surface area contributed by atoms with E-state index in [2.05, 4.69) is 15.2 Å². The van der Waals surface area contributed by atoms with Crippen molar-refractivity contribution in [3.05, 3.63) is 30.1 Å². The summed E-state index contributed by atoms with van der Waals surface area (Å²) in [6, 6.07) is 6.54. The molecule has 1 aromatic rings. The molecule has 1 aromatic heterocycles. The number of aliphatic hydroxyl groups is 1. The molecule has 0 saturated carbocycles. The summed E-state index contributed by atoms with van der Waals surface area (Å²) in [5.74, 6) is 0. The smallest absolute Gasteiger partial charge is 0.0558 e. The van der Waals surface area contributed by atoms with Gasteiger partial charge in [-0.1, -0.05) is 6.07 Å². The molecule has 2 rings (SSSR count). The summed E-state index contributed by atoms with van der Waals surface area (Å²) in [7, 11) is 0. The minimum atomic E-state index is 0.208. The SMILES string of the molecule is OCCN(Cc1ccccn1)CC1CCCN1. The van der Waals surface area contributed by atoms with Crippen LogP contribution in [0.2, 0.25) is 0 Å². The first-order chi connectivity index (χ1) is 8.38. The van der Waals surface area contributed by atoms with E-state index in [-0.39, 0.29) is 6.61 Å². The minimum absolute atomic E-state index is 0.208. The Morgan fingerprint density at radius 3 is 3.06 bits per heavy atom. The van der Waals surface area contributed by atoms with E-state index in [0.717, 1.165) is 31.9 Å². The normalized spacial score (nSPS) is 20.0. The number of nitrogens with zero attached hydrogens (tertiary/aromatic N) is 2. The molecule has 0 spiro atoms. The van der Waals surface area contributed by atoms with Crippen LogP contribution in [0.1, 0.15) is 18.5 Å². The molecule has 0 radical (unpaired) electrons. The molecule has 2 heterocycles. The van der Waals surface area contributed by atoms with Gasteiger partial charge in [-0.15, -0.1) is 0 Å². The highest BCUT2D eigenvalue weighted by Crippen LogP contribution is 2.09. The first-order valence-corrected chi connectivity index (χ1v) is 6.35. The van der Waals surface area contributed by atoms with E-state index in [1.165, 1.54) is 12.8 Å². The van der Waals surface area contributed by atoms with Crippen LogP contribution in [0.15, 0.2) is 24.4 Å². The van der Waals surface area contributed by atoms with Crippen LogP contribution in [0.3, 0.4) is 0 Å². The van der Waals surface area contributed by atoms with E-state index in [1.54, 1.807) is 0 Å². The van der Waals surface area contributed by atoms with Gasteiger partial charge in [-0.2, -0.15) is 0 Å². The summed E-state index contributed by atoms with van der Waals surface area (Å²) in [6.07, 6.45) is 4.33. The average molecular weight is 235 g/mol. The predicted octanol–water partition coefficient (Wildman–Crippen LogP) is 0.628. The molecule has 4 heteroatoms. The highest BCUT2D eigenvalue weighted by atomic mass is 16.3. The maximum atomic E-state index is 9.11. The van der Waals surface area contributed by atoms with Gasteiger partial charge < -0.3 is 10.4 Å². The molecule has 0 bridgehead atoms. The van der Waals surface area contributed by atoms with Crippen molar-refractivity contribution in [1.29, 1.82) is 0 Å². The zero-order valence-corrected chi connectivity index (χ0v) is 10.2. The monoisotopic (exact) mass is 235 g/mol. The first kappa shape index (κ1) is 12.5. The maximum Gasteiger partial charge on any atom is 0.0558 e. The number of nitrogens with one attached hydrogen (secondary N) is 1. The Balaban J connectivity index is 1.87. The quantitative estimate of drug-likeness (QED) is 0.759. The fourth-order valence-electron chi connectivity index (χ4n) is 2.32. The molecule has 1 aliphatic heterocycles. The molecule has 17 heavy (non-hydrogen) atoms. The Kier molecular flexibility index (Phi) is 4.91. The van der Waals surface area contributed by atoms with Crippen molar-refractivity contribution >= 4 is 0 Å². The van der Waals surface area contributed by atoms with Gasteiger partial charge in [-0.25, -0.2) is 0 Å². The van der Waals surface area contributed by atoms with Gasteiger partial charge in [0.2, 0.25) is 0 Å². The Labute approximate surface area is 103 Å². The van der Waals surface area contributed by atoms with E-state index in [4.69, 9.17) is 5.11 Å². The highest BCUT2D eigenvalue weighted by Gasteiger charge is 2.17. The number of aromatic nitrogens is 1. The van der Waals surface area contributed by atoms with E-state index < -0.39 is 0 Å². The van der Waals surface area contributed by atoms with Crippen LogP contribution in [0.4, 0.5) is 0 Å². The second-order valence-corrected chi connectivity index (χ2v) is 4.57. The van der Waals surface area contributed by atoms with Gasteiger partial charge >= 0.3 is 0 Å². The Bertz CT molecular complexity index is 312. The number of aliphatic hydroxyl groups excluding tert-OH is 1. The molecule has 0 aromatic carbocycles. The first-order valence-electron chi connectivity index (χ1n) is 6.35. The third kappa shape index (κ3) is 4.07. The van der Waals surface area contributed by atoms with E-state index in [1.807, 2.05) is 24.4 Å². The lowest BCUT2D eigenvalue weighted by molar-refractivity contribution is 0.177. The van der Waals surface area contributed by atoms with Crippen LogP contribution < -0.4 is 5.32 Å². The molecule has 4 nitrogen and oxygen atoms in total. The van der Waals surface area contributed by atoms with Crippen LogP contribution >= 0.6 is 0 Å². The van der Waals surface area contributed by atoms with Crippen molar-refractivity contribution in [2.75, 3.05) is 26.2 Å². The predicted molar refractivity (Wildman–Crippen MR) is 67.6 cm³/mol. The number of hydrogen-bond acceptors (Lipinski definition) is 4. The van der Waals surface area contributed by atoms with Gasteiger partial charge in [0, 0.05) is 31.9 Å². The minimum Gasteiger partial charge on any atom is -0.395 e. The highest BCUT2D eigenvalue weighted by molar-refractivity contribution is 5.03. The molecule has 1 saturated heterocycles. The van der Waals surface area contributed by atoms with E-state index in [0.29, 0.717) is 6.04 Å². The summed E-state index contributed by atoms with van der Waals surface area (Å²) < 4.78 is 0. The third-order valence-corrected chi connectivity index (χ3v) is 3.17. The number of rotatable bonds is 6. The zero-order valence-electron chi connectivity index (χ0n) is 10.2. The summed E-state index contributed by atoms with van der Waals surface area (Å²) in [4.78, 5) is 6.60. The van der Waals surface area contributed by atoms with Crippen molar-refractivity contribution in [1.82, 2.24) is 15.2 Å². The maximum absolute atomic E-state index is 9.11. The van der Waals surface area contributed by atoms with Crippen molar-refractivity contribution in [2.24, 2.45) is 0 Å². The van der Waals surface area contributed by atoms with Crippen molar-refractivity contribution in [2.45, 2.75) is 25.4 Å². The standard InChI is InChI=1S/C13H21N3O/c17-9-8-16(11-13-5-3-7-15-13)10-12-4-1-2-6-14-12/h1-2,4,6,13,15,17H,3,5,7-11H2. The topological polar surface area (TPSA) is 48.4 Å². The molecule has 1 unspecified atom stereocenters. The molecule has 2 N–H and O–H groups in total. The van der Waals surface area contributed by atoms with Gasteiger partial charge in [0.25, 0.3) is 0 Å². The lowest BCUT2D eigenvalue weighted by atomic mass is 10.2. The van der Waals surface area contributed by atoms with Gasteiger partial charge in [-0.3, -0.25) is 9.88 Å². The molecule has 0 aliphatic carbocycles. The molecule has 0 amide bonds. The largest absolute Gasteiger partial charge is 0.395 e. The van der Waals surface area contributed by atoms with Crippen molar-refractivity contribution < 1.29 is 5.11 Å². The van der Waals surface area contributed by atoms with Gasteiger partial charge in [0.05, 0.1) is 12.3 Å². The second kappa shape index (κ2) is 6.69. The zero-order chi connectivity index (χ0) is 11.9. The Morgan fingerprint density at radius 2 is 2.41 bits per heavy atom. The van der Waals surface area contributed by atoms with E-state index >= 15 is 0 Å². The molecular weight excluding hydrogens is 214 g/mol. The van der Waals surface area contributed by atoms with Crippen molar-refractivity contribution in [3.8, 4) is 0 Å². The van der Waals surface area contributed by atoms with Gasteiger partial charge in [0.15, 0.2) is 0 Å². The molecular formula is C13H21N3O. The summed E-state index contributed by atoms with van der Waals surface area (Å²) >= 11 is 0. The lowest BCUT2D eigenvalue weighted by Gasteiger charge is -2.24. The molecule has 1 aliphatic rings. The second-order valence-electron chi connectivity index (χ2n) is 4.57. The van der Waals surface area contributed by atoms with Gasteiger partial charge in [-0.05, 0) is 31.5 Å². The summed E-state index contributed by atoms with van der Waals surface area (Å²) in [5.41, 5.74) is 1.07. The van der Waals surface area contributed by atoms with Crippen LogP contribution in [-0.2, 0) is 6.54 Å². The van der Waals surface area contributed by atoms with Crippen LogP contribution in [-0.4, -0.2) is 47.3 Å². The molecule has 1 fully saturated rings. The molecule has 94 valence electrons. The molecule has 1 atom stereocenters. The van der Waals surface area contributed by atoms with Crippen LogP contribution in [0.25, 0.3) is 0 Å². The third-order valence-electron chi connectivity index (χ3n) is 3.17. The Morgan fingerprint density at radius 1 is 1.47 bits per heavy atom.